The lowest BCUT2D eigenvalue weighted by atomic mass is 10.2. The number of aromatic nitrogens is 1. The Hall–Kier alpha value is -1.97. The minimum Gasteiger partial charge on any atom is -0.295 e. The summed E-state index contributed by atoms with van der Waals surface area (Å²) in [6.07, 6.45) is -2.88. The molecule has 0 aliphatic carbocycles. The Morgan fingerprint density at radius 1 is 1.00 bits per heavy atom. The van der Waals surface area contributed by atoms with E-state index in [-0.39, 0.29) is 18.0 Å². The minimum atomic E-state index is -4.58. The van der Waals surface area contributed by atoms with Crippen LogP contribution < -0.4 is 0 Å². The molecule has 1 aliphatic heterocycles. The van der Waals surface area contributed by atoms with Gasteiger partial charge in [-0.15, -0.1) is 0 Å². The van der Waals surface area contributed by atoms with E-state index < -0.39 is 21.8 Å². The van der Waals surface area contributed by atoms with Gasteiger partial charge in [-0.3, -0.25) is 9.88 Å². The molecule has 0 saturated carbocycles. The molecule has 1 aromatic carbocycles. The highest BCUT2D eigenvalue weighted by Gasteiger charge is 2.33. The van der Waals surface area contributed by atoms with Crippen LogP contribution in [0.5, 0.6) is 0 Å². The van der Waals surface area contributed by atoms with Gasteiger partial charge in [0.2, 0.25) is 10.0 Å². The second kappa shape index (κ2) is 7.34. The lowest BCUT2D eigenvalue weighted by molar-refractivity contribution is -0.137. The number of rotatable bonds is 4. The van der Waals surface area contributed by atoms with Gasteiger partial charge >= 0.3 is 6.18 Å². The summed E-state index contributed by atoms with van der Waals surface area (Å²) in [6.45, 7) is 2.05. The zero-order valence-corrected chi connectivity index (χ0v) is 14.7. The van der Waals surface area contributed by atoms with Crippen LogP contribution in [0.25, 0.3) is 0 Å². The molecule has 2 heterocycles. The van der Waals surface area contributed by atoms with Gasteiger partial charge in [0.1, 0.15) is 0 Å². The number of pyridine rings is 1. The fourth-order valence-electron chi connectivity index (χ4n) is 2.83. The Labute approximate surface area is 150 Å². The number of halogens is 3. The molecule has 0 bridgehead atoms. The lowest BCUT2D eigenvalue weighted by Crippen LogP contribution is -2.48. The number of piperazine rings is 1. The molecule has 0 N–H and O–H groups in total. The van der Waals surface area contributed by atoms with Crippen LogP contribution in [0.15, 0.2) is 53.6 Å². The molecule has 2 aromatic rings. The van der Waals surface area contributed by atoms with E-state index in [1.165, 1.54) is 10.4 Å². The largest absolute Gasteiger partial charge is 0.416 e. The molecule has 0 amide bonds. The third-order valence-electron chi connectivity index (χ3n) is 4.24. The Morgan fingerprint density at radius 2 is 1.73 bits per heavy atom. The van der Waals surface area contributed by atoms with Crippen molar-refractivity contribution in [2.75, 3.05) is 26.2 Å². The van der Waals surface area contributed by atoms with Gasteiger partial charge in [0.25, 0.3) is 0 Å². The van der Waals surface area contributed by atoms with Crippen LogP contribution in [0.1, 0.15) is 11.3 Å². The first-order chi connectivity index (χ1) is 12.3. The summed E-state index contributed by atoms with van der Waals surface area (Å²) in [6, 6.07) is 9.47. The number of hydrogen-bond acceptors (Lipinski definition) is 4. The van der Waals surface area contributed by atoms with Gasteiger partial charge in [-0.25, -0.2) is 8.42 Å². The summed E-state index contributed by atoms with van der Waals surface area (Å²) >= 11 is 0. The van der Waals surface area contributed by atoms with Gasteiger partial charge in [0.05, 0.1) is 16.2 Å². The van der Waals surface area contributed by atoms with Crippen molar-refractivity contribution in [3.63, 3.8) is 0 Å². The summed E-state index contributed by atoms with van der Waals surface area (Å²) in [5, 5.41) is 0. The van der Waals surface area contributed by atoms with Crippen molar-refractivity contribution in [3.05, 3.63) is 59.9 Å². The van der Waals surface area contributed by atoms with Crippen LogP contribution in [-0.4, -0.2) is 48.8 Å². The van der Waals surface area contributed by atoms with Crippen LogP contribution in [0.3, 0.4) is 0 Å². The van der Waals surface area contributed by atoms with Gasteiger partial charge in [0, 0.05) is 38.9 Å². The van der Waals surface area contributed by atoms with E-state index in [1.807, 2.05) is 18.2 Å². The van der Waals surface area contributed by atoms with Crippen molar-refractivity contribution in [1.29, 1.82) is 0 Å². The van der Waals surface area contributed by atoms with E-state index in [1.54, 1.807) is 6.20 Å². The predicted octanol–water partition coefficient (Wildman–Crippen LogP) is 2.61. The molecule has 1 fully saturated rings. The van der Waals surface area contributed by atoms with Crippen molar-refractivity contribution >= 4 is 10.0 Å². The molecule has 140 valence electrons. The maximum absolute atomic E-state index is 12.8. The van der Waals surface area contributed by atoms with Gasteiger partial charge in [-0.1, -0.05) is 12.1 Å². The minimum absolute atomic E-state index is 0.228. The molecule has 0 radical (unpaired) electrons. The summed E-state index contributed by atoms with van der Waals surface area (Å²) in [5.41, 5.74) is -0.0750. The van der Waals surface area contributed by atoms with E-state index in [9.17, 15) is 21.6 Å². The van der Waals surface area contributed by atoms with Crippen LogP contribution in [0.4, 0.5) is 13.2 Å². The van der Waals surface area contributed by atoms with Crippen LogP contribution in [0.2, 0.25) is 0 Å². The molecule has 1 aromatic heterocycles. The second-order valence-corrected chi connectivity index (χ2v) is 7.96. The maximum Gasteiger partial charge on any atom is 0.416 e. The summed E-state index contributed by atoms with van der Waals surface area (Å²) < 4.78 is 65.1. The molecule has 1 saturated heterocycles. The lowest BCUT2D eigenvalue weighted by Gasteiger charge is -2.33. The highest BCUT2D eigenvalue weighted by Crippen LogP contribution is 2.31. The molecule has 1 aliphatic rings. The first-order valence-electron chi connectivity index (χ1n) is 8.06. The fraction of sp³-hybridized carbons (Fsp3) is 0.353. The normalized spacial score (nSPS) is 17.3. The van der Waals surface area contributed by atoms with Crippen LogP contribution in [0, 0.1) is 0 Å². The number of alkyl halides is 3. The zero-order chi connectivity index (χ0) is 18.8. The summed E-state index contributed by atoms with van der Waals surface area (Å²) in [7, 11) is -3.95. The topological polar surface area (TPSA) is 53.5 Å². The van der Waals surface area contributed by atoms with Gasteiger partial charge in [-0.2, -0.15) is 17.5 Å². The number of hydrogen-bond donors (Lipinski definition) is 0. The Balaban J connectivity index is 1.68. The van der Waals surface area contributed by atoms with Crippen molar-refractivity contribution in [3.8, 4) is 0 Å². The van der Waals surface area contributed by atoms with Crippen LogP contribution >= 0.6 is 0 Å². The Kier molecular flexibility index (Phi) is 5.31. The van der Waals surface area contributed by atoms with E-state index in [4.69, 9.17) is 0 Å². The predicted molar refractivity (Wildman–Crippen MR) is 89.7 cm³/mol. The molecule has 0 atom stereocenters. The fourth-order valence-corrected chi connectivity index (χ4v) is 4.30. The van der Waals surface area contributed by atoms with E-state index in [0.717, 1.165) is 17.8 Å². The first-order valence-corrected chi connectivity index (χ1v) is 9.50. The average molecular weight is 385 g/mol. The monoisotopic (exact) mass is 385 g/mol. The van der Waals surface area contributed by atoms with Gasteiger partial charge in [0.15, 0.2) is 0 Å². The Morgan fingerprint density at radius 3 is 2.35 bits per heavy atom. The molecular weight excluding hydrogens is 367 g/mol. The van der Waals surface area contributed by atoms with Gasteiger partial charge < -0.3 is 0 Å². The van der Waals surface area contributed by atoms with Crippen molar-refractivity contribution in [1.82, 2.24) is 14.2 Å². The molecule has 3 rings (SSSR count). The quantitative estimate of drug-likeness (QED) is 0.812. The summed E-state index contributed by atoms with van der Waals surface area (Å²) in [4.78, 5) is 5.98. The molecule has 0 spiro atoms. The molecule has 9 heteroatoms. The first kappa shape index (κ1) is 18.8. The third kappa shape index (κ3) is 4.22. The SMILES string of the molecule is O=S(=O)(c1cccc(C(F)(F)F)c1)N1CCN(Cc2ccccn2)CC1. The summed E-state index contributed by atoms with van der Waals surface area (Å²) in [5.74, 6) is 0. The highest BCUT2D eigenvalue weighted by molar-refractivity contribution is 7.89. The van der Waals surface area contributed by atoms with Crippen molar-refractivity contribution < 1.29 is 21.6 Å². The van der Waals surface area contributed by atoms with Crippen molar-refractivity contribution in [2.24, 2.45) is 0 Å². The second-order valence-electron chi connectivity index (χ2n) is 6.03. The smallest absolute Gasteiger partial charge is 0.295 e. The molecule has 5 nitrogen and oxygen atoms in total. The van der Waals surface area contributed by atoms with Gasteiger partial charge in [-0.05, 0) is 30.3 Å². The highest BCUT2D eigenvalue weighted by atomic mass is 32.2. The van der Waals surface area contributed by atoms with E-state index >= 15 is 0 Å². The molecule has 26 heavy (non-hydrogen) atoms. The van der Waals surface area contributed by atoms with E-state index in [2.05, 4.69) is 9.88 Å². The zero-order valence-electron chi connectivity index (χ0n) is 13.9. The van der Waals surface area contributed by atoms with Crippen LogP contribution in [-0.2, 0) is 22.7 Å². The number of nitrogens with zero attached hydrogens (tertiary/aromatic N) is 3. The van der Waals surface area contributed by atoms with Crippen molar-refractivity contribution in [2.45, 2.75) is 17.6 Å². The third-order valence-corrected chi connectivity index (χ3v) is 6.14. The Bertz CT molecular complexity index is 849. The molecular formula is C17H18F3N3O2S. The average Bonchev–Trinajstić information content (AvgIpc) is 2.62. The van der Waals surface area contributed by atoms with E-state index in [0.29, 0.717) is 25.7 Å². The standard InChI is InChI=1S/C17H18F3N3O2S/c18-17(19,20)14-4-3-6-16(12-14)26(24,25)23-10-8-22(9-11-23)13-15-5-1-2-7-21-15/h1-7,12H,8-11,13H2. The number of benzene rings is 1. The maximum atomic E-state index is 12.8. The molecule has 0 unspecified atom stereocenters. The number of sulfonamides is 1.